The van der Waals surface area contributed by atoms with E-state index in [1.54, 1.807) is 24.3 Å². The first-order valence-corrected chi connectivity index (χ1v) is 10.9. The van der Waals surface area contributed by atoms with Crippen molar-refractivity contribution in [2.45, 2.75) is 25.3 Å². The standard InChI is InChI=1S/C22H19F3O5S/c1-4-15-17-8-6-14(29-3)11-18(17)21(30-31(26,27)22(23,24)25)19-10-12-9-13(28-2)5-7-16(12)20(15)19/h5-9,11H,4,10H2,1-3H3. The Kier molecular flexibility index (Phi) is 5.04. The second-order valence-electron chi connectivity index (χ2n) is 7.11. The van der Waals surface area contributed by atoms with Crippen LogP contribution in [0, 0.1) is 0 Å². The van der Waals surface area contributed by atoms with E-state index in [9.17, 15) is 21.6 Å². The summed E-state index contributed by atoms with van der Waals surface area (Å²) in [6.07, 6.45) is 0.799. The summed E-state index contributed by atoms with van der Waals surface area (Å²) in [5.41, 5.74) is -1.92. The lowest BCUT2D eigenvalue weighted by atomic mass is 9.91. The molecule has 0 heterocycles. The Hall–Kier alpha value is -2.94. The summed E-state index contributed by atoms with van der Waals surface area (Å²) in [5, 5.41) is 0.862. The highest BCUT2D eigenvalue weighted by molar-refractivity contribution is 7.88. The highest BCUT2D eigenvalue weighted by Gasteiger charge is 2.49. The number of hydrogen-bond acceptors (Lipinski definition) is 5. The van der Waals surface area contributed by atoms with Crippen LogP contribution in [-0.4, -0.2) is 28.1 Å². The van der Waals surface area contributed by atoms with Crippen LogP contribution in [-0.2, 0) is 23.0 Å². The van der Waals surface area contributed by atoms with Gasteiger partial charge in [0.05, 0.1) is 14.2 Å². The molecule has 164 valence electrons. The molecule has 0 atom stereocenters. The highest BCUT2D eigenvalue weighted by Crippen LogP contribution is 2.50. The zero-order valence-electron chi connectivity index (χ0n) is 17.0. The van der Waals surface area contributed by atoms with E-state index in [4.69, 9.17) is 13.7 Å². The second kappa shape index (κ2) is 7.33. The van der Waals surface area contributed by atoms with Gasteiger partial charge in [-0.15, -0.1) is 0 Å². The van der Waals surface area contributed by atoms with Crippen molar-refractivity contribution in [1.29, 1.82) is 0 Å². The van der Waals surface area contributed by atoms with Gasteiger partial charge in [0.25, 0.3) is 0 Å². The van der Waals surface area contributed by atoms with Gasteiger partial charge < -0.3 is 13.7 Å². The molecule has 0 unspecified atom stereocenters. The molecule has 3 aromatic rings. The minimum atomic E-state index is -5.87. The molecule has 0 spiro atoms. The molecule has 0 bridgehead atoms. The van der Waals surface area contributed by atoms with Gasteiger partial charge in [-0.05, 0) is 58.3 Å². The van der Waals surface area contributed by atoms with Crippen molar-refractivity contribution in [3.8, 4) is 28.4 Å². The fourth-order valence-corrected chi connectivity index (χ4v) is 4.59. The zero-order valence-corrected chi connectivity index (χ0v) is 17.8. The fraction of sp³-hybridized carbons (Fsp3) is 0.273. The predicted octanol–water partition coefficient (Wildman–Crippen LogP) is 5.22. The summed E-state index contributed by atoms with van der Waals surface area (Å²) in [4.78, 5) is 0. The molecule has 1 aliphatic carbocycles. The Morgan fingerprint density at radius 3 is 2.23 bits per heavy atom. The monoisotopic (exact) mass is 452 g/mol. The number of benzene rings is 3. The van der Waals surface area contributed by atoms with Crippen LogP contribution in [0.3, 0.4) is 0 Å². The van der Waals surface area contributed by atoms with Crippen molar-refractivity contribution in [3.05, 3.63) is 53.1 Å². The van der Waals surface area contributed by atoms with E-state index in [0.29, 0.717) is 34.4 Å². The Morgan fingerprint density at radius 1 is 0.968 bits per heavy atom. The van der Waals surface area contributed by atoms with Gasteiger partial charge in [-0.2, -0.15) is 21.6 Å². The molecule has 5 nitrogen and oxygen atoms in total. The van der Waals surface area contributed by atoms with Gasteiger partial charge in [-0.25, -0.2) is 0 Å². The molecule has 1 aliphatic rings. The maximum Gasteiger partial charge on any atom is 0.534 e. The Balaban J connectivity index is 2.08. The van der Waals surface area contributed by atoms with Crippen molar-refractivity contribution in [1.82, 2.24) is 0 Å². The number of aryl methyl sites for hydroxylation is 1. The van der Waals surface area contributed by atoms with Crippen LogP contribution >= 0.6 is 0 Å². The minimum absolute atomic E-state index is 0.213. The molecule has 4 rings (SSSR count). The molecule has 0 amide bonds. The van der Waals surface area contributed by atoms with Gasteiger partial charge in [0.1, 0.15) is 11.5 Å². The Labute approximate surface area is 177 Å². The van der Waals surface area contributed by atoms with E-state index in [1.807, 2.05) is 13.0 Å². The summed E-state index contributed by atoms with van der Waals surface area (Å²) in [6, 6.07) is 10.3. The number of alkyl halides is 3. The Morgan fingerprint density at radius 2 is 1.61 bits per heavy atom. The molecule has 0 fully saturated rings. The third kappa shape index (κ3) is 3.37. The average molecular weight is 452 g/mol. The maximum atomic E-state index is 13.2. The first kappa shape index (κ1) is 21.3. The molecule has 0 aliphatic heterocycles. The lowest BCUT2D eigenvalue weighted by molar-refractivity contribution is -0.0499. The van der Waals surface area contributed by atoms with E-state index in [-0.39, 0.29) is 17.6 Å². The summed E-state index contributed by atoms with van der Waals surface area (Å²) in [7, 11) is -2.93. The summed E-state index contributed by atoms with van der Waals surface area (Å²) >= 11 is 0. The topological polar surface area (TPSA) is 61.8 Å². The summed E-state index contributed by atoms with van der Waals surface area (Å²) in [6.45, 7) is 1.94. The minimum Gasteiger partial charge on any atom is -0.497 e. The van der Waals surface area contributed by atoms with Crippen LogP contribution in [0.1, 0.15) is 23.6 Å². The zero-order chi connectivity index (χ0) is 22.6. The van der Waals surface area contributed by atoms with Gasteiger partial charge in [0.2, 0.25) is 0 Å². The highest BCUT2D eigenvalue weighted by atomic mass is 32.2. The van der Waals surface area contributed by atoms with Crippen LogP contribution in [0.25, 0.3) is 21.9 Å². The van der Waals surface area contributed by atoms with Crippen molar-refractivity contribution in [2.24, 2.45) is 0 Å². The first-order valence-electron chi connectivity index (χ1n) is 9.44. The van der Waals surface area contributed by atoms with Crippen molar-refractivity contribution < 1.29 is 35.2 Å². The third-order valence-corrected chi connectivity index (χ3v) is 6.41. The van der Waals surface area contributed by atoms with Crippen molar-refractivity contribution in [2.75, 3.05) is 14.2 Å². The summed E-state index contributed by atoms with van der Waals surface area (Å²) in [5.74, 6) is 0.649. The molecule has 3 aromatic carbocycles. The van der Waals surface area contributed by atoms with E-state index < -0.39 is 15.6 Å². The molecule has 0 radical (unpaired) electrons. The lowest BCUT2D eigenvalue weighted by Gasteiger charge is -2.19. The molecule has 0 saturated carbocycles. The molecular formula is C22H19F3O5S. The van der Waals surface area contributed by atoms with Gasteiger partial charge in [-0.3, -0.25) is 0 Å². The van der Waals surface area contributed by atoms with Crippen LogP contribution in [0.4, 0.5) is 13.2 Å². The van der Waals surface area contributed by atoms with E-state index >= 15 is 0 Å². The number of halogens is 3. The predicted molar refractivity (Wildman–Crippen MR) is 110 cm³/mol. The van der Waals surface area contributed by atoms with Crippen molar-refractivity contribution >= 4 is 20.9 Å². The van der Waals surface area contributed by atoms with Gasteiger partial charge in [-0.1, -0.05) is 19.1 Å². The van der Waals surface area contributed by atoms with E-state index in [1.165, 1.54) is 20.3 Å². The summed E-state index contributed by atoms with van der Waals surface area (Å²) < 4.78 is 78.7. The maximum absolute atomic E-state index is 13.2. The quantitative estimate of drug-likeness (QED) is 0.307. The first-order chi connectivity index (χ1) is 14.6. The number of methoxy groups -OCH3 is 2. The normalized spacial score (nSPS) is 13.1. The largest absolute Gasteiger partial charge is 0.534 e. The smallest absolute Gasteiger partial charge is 0.497 e. The molecule has 0 aromatic heterocycles. The second-order valence-corrected chi connectivity index (χ2v) is 8.65. The molecule has 9 heteroatoms. The van der Waals surface area contributed by atoms with Gasteiger partial charge in [0.15, 0.2) is 5.75 Å². The van der Waals surface area contributed by atoms with Crippen LogP contribution < -0.4 is 13.7 Å². The number of hydrogen-bond donors (Lipinski definition) is 0. The third-order valence-electron chi connectivity index (χ3n) is 5.45. The molecule has 31 heavy (non-hydrogen) atoms. The SMILES string of the molecule is CCc1c2c(c(OS(=O)(=O)C(F)(F)F)c3cc(OC)ccc13)Cc1cc(OC)ccc1-2. The lowest BCUT2D eigenvalue weighted by Crippen LogP contribution is -2.28. The van der Waals surface area contributed by atoms with Crippen LogP contribution in [0.2, 0.25) is 0 Å². The van der Waals surface area contributed by atoms with Crippen LogP contribution in [0.15, 0.2) is 36.4 Å². The van der Waals surface area contributed by atoms with E-state index in [2.05, 4.69) is 0 Å². The van der Waals surface area contributed by atoms with E-state index in [0.717, 1.165) is 16.7 Å². The number of rotatable bonds is 5. The van der Waals surface area contributed by atoms with Crippen molar-refractivity contribution in [3.63, 3.8) is 0 Å². The average Bonchev–Trinajstić information content (AvgIpc) is 3.11. The van der Waals surface area contributed by atoms with Crippen LogP contribution in [0.5, 0.6) is 17.2 Å². The van der Waals surface area contributed by atoms with Gasteiger partial charge in [0, 0.05) is 17.4 Å². The Bertz CT molecular complexity index is 1300. The molecular weight excluding hydrogens is 433 g/mol. The van der Waals surface area contributed by atoms with Gasteiger partial charge >= 0.3 is 15.6 Å². The number of fused-ring (bicyclic) bond motifs is 4. The molecule has 0 saturated heterocycles. The molecule has 0 N–H and O–H groups in total. The fourth-order valence-electron chi connectivity index (χ4n) is 4.09. The number of ether oxygens (including phenoxy) is 2.